The quantitative estimate of drug-likeness (QED) is 0.756. The maximum absolute atomic E-state index is 8.68. The molecule has 4 heteroatoms. The van der Waals surface area contributed by atoms with Crippen molar-refractivity contribution in [2.45, 2.75) is 31.2 Å². The van der Waals surface area contributed by atoms with Crippen molar-refractivity contribution in [2.75, 3.05) is 11.4 Å². The van der Waals surface area contributed by atoms with Gasteiger partial charge in [0, 0.05) is 29.2 Å². The van der Waals surface area contributed by atoms with Crippen LogP contribution >= 0.6 is 23.2 Å². The van der Waals surface area contributed by atoms with Crippen molar-refractivity contribution in [3.8, 4) is 6.07 Å². The first-order valence-corrected chi connectivity index (χ1v) is 6.65. The van der Waals surface area contributed by atoms with Gasteiger partial charge in [-0.05, 0) is 30.5 Å². The Bertz CT molecular complexity index is 436. The van der Waals surface area contributed by atoms with E-state index in [9.17, 15) is 0 Å². The molecule has 0 atom stereocenters. The molecule has 0 radical (unpaired) electrons. The molecule has 2 rings (SSSR count). The Labute approximate surface area is 112 Å². The maximum atomic E-state index is 8.68. The minimum Gasteiger partial charge on any atom is -0.367 e. The lowest BCUT2D eigenvalue weighted by atomic mass is 10.2. The molecule has 17 heavy (non-hydrogen) atoms. The van der Waals surface area contributed by atoms with Crippen molar-refractivity contribution < 1.29 is 0 Å². The second kappa shape index (κ2) is 5.62. The lowest BCUT2D eigenvalue weighted by molar-refractivity contribution is 0.793. The van der Waals surface area contributed by atoms with E-state index in [4.69, 9.17) is 28.5 Å². The van der Waals surface area contributed by atoms with Gasteiger partial charge in [-0.1, -0.05) is 17.7 Å². The highest BCUT2D eigenvalue weighted by atomic mass is 35.5. The Balaban J connectivity index is 2.18. The number of benzene rings is 1. The van der Waals surface area contributed by atoms with E-state index < -0.39 is 0 Å². The third kappa shape index (κ3) is 3.06. The summed E-state index contributed by atoms with van der Waals surface area (Å²) in [4.78, 5) is 2.27. The second-order valence-electron chi connectivity index (χ2n) is 4.24. The number of nitrogens with zero attached hydrogens (tertiary/aromatic N) is 2. The molecule has 2 nitrogen and oxygen atoms in total. The summed E-state index contributed by atoms with van der Waals surface area (Å²) in [6, 6.07) is 8.74. The molecule has 0 saturated heterocycles. The minimum absolute atomic E-state index is 0.431. The lowest BCUT2D eigenvalue weighted by Gasteiger charge is -2.24. The van der Waals surface area contributed by atoms with Gasteiger partial charge in [-0.25, -0.2) is 0 Å². The predicted molar refractivity (Wildman–Crippen MR) is 71.6 cm³/mol. The molecular weight excluding hydrogens is 255 g/mol. The van der Waals surface area contributed by atoms with Gasteiger partial charge in [0.1, 0.15) is 0 Å². The molecule has 0 unspecified atom stereocenters. The van der Waals surface area contributed by atoms with E-state index >= 15 is 0 Å². The van der Waals surface area contributed by atoms with Crippen molar-refractivity contribution in [2.24, 2.45) is 0 Å². The van der Waals surface area contributed by atoms with Crippen LogP contribution in [0.3, 0.4) is 0 Å². The molecule has 0 amide bonds. The molecule has 1 aliphatic rings. The summed E-state index contributed by atoms with van der Waals surface area (Å²) in [5, 5.41) is 9.39. The van der Waals surface area contributed by atoms with Crippen LogP contribution in [0.15, 0.2) is 18.2 Å². The molecule has 0 aromatic heterocycles. The smallest absolute Gasteiger partial charge is 0.0640 e. The molecular formula is C13H14Cl2N2. The van der Waals surface area contributed by atoms with Gasteiger partial charge in [-0.3, -0.25) is 0 Å². The number of nitriles is 1. The molecule has 0 heterocycles. The highest BCUT2D eigenvalue weighted by Crippen LogP contribution is 2.34. The predicted octanol–water partition coefficient (Wildman–Crippen LogP) is 3.96. The van der Waals surface area contributed by atoms with Crippen molar-refractivity contribution in [1.82, 2.24) is 0 Å². The average Bonchev–Trinajstić information content (AvgIpc) is 3.14. The van der Waals surface area contributed by atoms with E-state index in [2.05, 4.69) is 11.0 Å². The SMILES string of the molecule is N#CCCN(c1ccc(CCl)c(Cl)c1)C1CC1. The van der Waals surface area contributed by atoms with Crippen LogP contribution in [-0.2, 0) is 5.88 Å². The van der Waals surface area contributed by atoms with Gasteiger partial charge in [-0.15, -0.1) is 11.6 Å². The number of halogens is 2. The van der Waals surface area contributed by atoms with Crippen LogP contribution in [0.5, 0.6) is 0 Å². The normalized spacial score (nSPS) is 14.4. The van der Waals surface area contributed by atoms with Gasteiger partial charge in [0.25, 0.3) is 0 Å². The summed E-state index contributed by atoms with van der Waals surface area (Å²) in [6.07, 6.45) is 2.96. The number of anilines is 1. The standard InChI is InChI=1S/C13H14Cl2N2/c14-9-10-2-3-12(8-13(10)15)17(7-1-6-16)11-4-5-11/h2-3,8,11H,1,4-5,7,9H2. The first kappa shape index (κ1) is 12.5. The molecule has 0 bridgehead atoms. The highest BCUT2D eigenvalue weighted by Gasteiger charge is 2.29. The molecule has 90 valence electrons. The van der Waals surface area contributed by atoms with E-state index in [1.165, 1.54) is 12.8 Å². The van der Waals surface area contributed by atoms with E-state index in [-0.39, 0.29) is 0 Å². The monoisotopic (exact) mass is 268 g/mol. The summed E-state index contributed by atoms with van der Waals surface area (Å²) in [5.74, 6) is 0.431. The van der Waals surface area contributed by atoms with Gasteiger partial charge < -0.3 is 4.90 Å². The fraction of sp³-hybridized carbons (Fsp3) is 0.462. The fourth-order valence-corrected chi connectivity index (χ4v) is 2.45. The third-order valence-electron chi connectivity index (χ3n) is 2.96. The van der Waals surface area contributed by atoms with Crippen LogP contribution in [0.2, 0.25) is 5.02 Å². The molecule has 1 fully saturated rings. The van der Waals surface area contributed by atoms with Crippen molar-refractivity contribution in [1.29, 1.82) is 5.26 Å². The van der Waals surface area contributed by atoms with Gasteiger partial charge >= 0.3 is 0 Å². The molecule has 1 aliphatic carbocycles. The van der Waals surface area contributed by atoms with Gasteiger partial charge in [0.05, 0.1) is 12.5 Å². The molecule has 1 saturated carbocycles. The van der Waals surface area contributed by atoms with Gasteiger partial charge in [0.15, 0.2) is 0 Å². The molecule has 0 N–H and O–H groups in total. The van der Waals surface area contributed by atoms with Crippen LogP contribution in [0, 0.1) is 11.3 Å². The largest absolute Gasteiger partial charge is 0.367 e. The van der Waals surface area contributed by atoms with Crippen LogP contribution < -0.4 is 4.90 Å². The van der Waals surface area contributed by atoms with Gasteiger partial charge in [0.2, 0.25) is 0 Å². The Hall–Kier alpha value is -0.910. The number of alkyl halides is 1. The Morgan fingerprint density at radius 3 is 2.71 bits per heavy atom. The fourth-order valence-electron chi connectivity index (χ4n) is 1.90. The third-order valence-corrected chi connectivity index (χ3v) is 3.60. The molecule has 0 aliphatic heterocycles. The highest BCUT2D eigenvalue weighted by molar-refractivity contribution is 6.32. The maximum Gasteiger partial charge on any atom is 0.0640 e. The zero-order chi connectivity index (χ0) is 12.3. The Morgan fingerprint density at radius 1 is 1.41 bits per heavy atom. The zero-order valence-corrected chi connectivity index (χ0v) is 11.0. The summed E-state index contributed by atoms with van der Waals surface area (Å²) in [5.41, 5.74) is 2.05. The minimum atomic E-state index is 0.431. The second-order valence-corrected chi connectivity index (χ2v) is 4.92. The van der Waals surface area contributed by atoms with E-state index in [0.29, 0.717) is 23.4 Å². The number of hydrogen-bond acceptors (Lipinski definition) is 2. The van der Waals surface area contributed by atoms with Crippen LogP contribution in [0.1, 0.15) is 24.8 Å². The topological polar surface area (TPSA) is 27.0 Å². The first-order chi connectivity index (χ1) is 8.26. The molecule has 1 aromatic rings. The van der Waals surface area contributed by atoms with Crippen LogP contribution in [0.4, 0.5) is 5.69 Å². The number of rotatable bonds is 5. The summed E-state index contributed by atoms with van der Waals surface area (Å²) in [6.45, 7) is 0.776. The van der Waals surface area contributed by atoms with Gasteiger partial charge in [-0.2, -0.15) is 5.26 Å². The molecule has 0 spiro atoms. The average molecular weight is 269 g/mol. The van der Waals surface area contributed by atoms with Crippen LogP contribution in [0.25, 0.3) is 0 Å². The van der Waals surface area contributed by atoms with Crippen LogP contribution in [-0.4, -0.2) is 12.6 Å². The Morgan fingerprint density at radius 2 is 2.18 bits per heavy atom. The Kier molecular flexibility index (Phi) is 4.15. The van der Waals surface area contributed by atoms with Crippen molar-refractivity contribution >= 4 is 28.9 Å². The van der Waals surface area contributed by atoms with E-state index in [1.807, 2.05) is 18.2 Å². The summed E-state index contributed by atoms with van der Waals surface area (Å²) in [7, 11) is 0. The van der Waals surface area contributed by atoms with E-state index in [0.717, 1.165) is 17.8 Å². The first-order valence-electron chi connectivity index (χ1n) is 5.74. The molecule has 1 aromatic carbocycles. The summed E-state index contributed by atoms with van der Waals surface area (Å²) < 4.78 is 0. The van der Waals surface area contributed by atoms with E-state index in [1.54, 1.807) is 0 Å². The summed E-state index contributed by atoms with van der Waals surface area (Å²) >= 11 is 11.9. The van der Waals surface area contributed by atoms with Crippen molar-refractivity contribution in [3.63, 3.8) is 0 Å². The number of hydrogen-bond donors (Lipinski definition) is 0. The lowest BCUT2D eigenvalue weighted by Crippen LogP contribution is -2.26. The zero-order valence-electron chi connectivity index (χ0n) is 9.50. The van der Waals surface area contributed by atoms with Crippen molar-refractivity contribution in [3.05, 3.63) is 28.8 Å².